The number of aromatic amines is 1. The van der Waals surface area contributed by atoms with Crippen LogP contribution in [0.2, 0.25) is 0 Å². The Bertz CT molecular complexity index is 1730. The lowest BCUT2D eigenvalue weighted by molar-refractivity contribution is 0.202. The van der Waals surface area contributed by atoms with Gasteiger partial charge in [0.15, 0.2) is 11.6 Å². The van der Waals surface area contributed by atoms with Gasteiger partial charge in [-0.05, 0) is 56.6 Å². The summed E-state index contributed by atoms with van der Waals surface area (Å²) in [6.45, 7) is 4.97. The van der Waals surface area contributed by atoms with Crippen molar-refractivity contribution in [1.29, 1.82) is 0 Å². The fraction of sp³-hybridized carbons (Fsp3) is 0.219. The third-order valence-electron chi connectivity index (χ3n) is 7.68. The number of imidazole rings is 1. The fourth-order valence-electron chi connectivity index (χ4n) is 5.54. The minimum Gasteiger partial charge on any atom is -0.299 e. The van der Waals surface area contributed by atoms with Gasteiger partial charge in [-0.25, -0.2) is 15.0 Å². The van der Waals surface area contributed by atoms with Crippen molar-refractivity contribution in [3.05, 3.63) is 108 Å². The molecule has 0 unspecified atom stereocenters. The van der Waals surface area contributed by atoms with Crippen LogP contribution >= 0.6 is 0 Å². The molecule has 1 aliphatic heterocycles. The van der Waals surface area contributed by atoms with E-state index in [1.54, 1.807) is 6.20 Å². The Morgan fingerprint density at radius 3 is 2.40 bits per heavy atom. The fourth-order valence-corrected chi connectivity index (χ4v) is 5.54. The second-order valence-corrected chi connectivity index (χ2v) is 10.4. The van der Waals surface area contributed by atoms with E-state index in [1.807, 2.05) is 37.3 Å². The summed E-state index contributed by atoms with van der Waals surface area (Å²) in [6.07, 6.45) is 5.93. The lowest BCUT2D eigenvalue weighted by Gasteiger charge is -2.30. The van der Waals surface area contributed by atoms with Crippen molar-refractivity contribution in [2.45, 2.75) is 32.2 Å². The number of benzene rings is 2. The van der Waals surface area contributed by atoms with E-state index in [-0.39, 0.29) is 0 Å². The maximum Gasteiger partial charge on any atom is 0.235 e. The van der Waals surface area contributed by atoms with Gasteiger partial charge >= 0.3 is 0 Å². The van der Waals surface area contributed by atoms with E-state index in [0.717, 1.165) is 83.8 Å². The Morgan fingerprint density at radius 1 is 0.825 bits per heavy atom. The van der Waals surface area contributed by atoms with Gasteiger partial charge in [-0.1, -0.05) is 60.7 Å². The molecule has 198 valence electrons. The zero-order valence-electron chi connectivity index (χ0n) is 22.4. The molecule has 8 heteroatoms. The first-order valence-corrected chi connectivity index (χ1v) is 13.8. The third kappa shape index (κ3) is 4.78. The van der Waals surface area contributed by atoms with Crippen LogP contribution in [-0.2, 0) is 6.54 Å². The summed E-state index contributed by atoms with van der Waals surface area (Å²) in [5.74, 6) is 2.73. The van der Waals surface area contributed by atoms with Crippen molar-refractivity contribution >= 4 is 5.78 Å². The molecule has 0 radical (unpaired) electrons. The molecule has 1 saturated heterocycles. The van der Waals surface area contributed by atoms with Crippen molar-refractivity contribution < 1.29 is 0 Å². The molecule has 2 aromatic carbocycles. The Kier molecular flexibility index (Phi) is 6.37. The van der Waals surface area contributed by atoms with E-state index in [2.05, 4.69) is 84.2 Å². The number of pyridine rings is 1. The predicted octanol–water partition coefficient (Wildman–Crippen LogP) is 5.93. The molecule has 6 aromatic rings. The number of fused-ring (bicyclic) bond motifs is 1. The van der Waals surface area contributed by atoms with E-state index < -0.39 is 0 Å². The van der Waals surface area contributed by atoms with Crippen LogP contribution in [0.4, 0.5) is 0 Å². The average Bonchev–Trinajstić information content (AvgIpc) is 3.64. The molecule has 7 rings (SSSR count). The van der Waals surface area contributed by atoms with E-state index >= 15 is 0 Å². The van der Waals surface area contributed by atoms with E-state index in [1.165, 1.54) is 5.56 Å². The van der Waals surface area contributed by atoms with Gasteiger partial charge < -0.3 is 0 Å². The number of hydrogen-bond donors (Lipinski definition) is 1. The summed E-state index contributed by atoms with van der Waals surface area (Å²) in [6, 6.07) is 27.1. The highest BCUT2D eigenvalue weighted by atomic mass is 15.2. The molecule has 4 aromatic heterocycles. The lowest BCUT2D eigenvalue weighted by Crippen LogP contribution is -2.32. The van der Waals surface area contributed by atoms with E-state index in [4.69, 9.17) is 9.97 Å². The first-order valence-electron chi connectivity index (χ1n) is 13.8. The van der Waals surface area contributed by atoms with Crippen molar-refractivity contribution in [2.75, 3.05) is 13.1 Å². The zero-order chi connectivity index (χ0) is 26.9. The topological polar surface area (TPSA) is 87.9 Å². The maximum atomic E-state index is 4.95. The summed E-state index contributed by atoms with van der Waals surface area (Å²) < 4.78 is 2.09. The molecular formula is C32H30N8. The van der Waals surface area contributed by atoms with Gasteiger partial charge in [0.2, 0.25) is 5.78 Å². The van der Waals surface area contributed by atoms with Gasteiger partial charge in [-0.15, -0.1) is 0 Å². The highest BCUT2D eigenvalue weighted by Gasteiger charge is 2.24. The number of piperidine rings is 1. The molecular weight excluding hydrogens is 496 g/mol. The van der Waals surface area contributed by atoms with Crippen LogP contribution in [0.3, 0.4) is 0 Å². The van der Waals surface area contributed by atoms with Crippen LogP contribution in [0.5, 0.6) is 0 Å². The number of H-pyrrole nitrogens is 1. The van der Waals surface area contributed by atoms with Gasteiger partial charge in [0.25, 0.3) is 0 Å². The van der Waals surface area contributed by atoms with Crippen LogP contribution in [0.15, 0.2) is 91.3 Å². The molecule has 0 atom stereocenters. The van der Waals surface area contributed by atoms with Crippen molar-refractivity contribution in [3.63, 3.8) is 0 Å². The summed E-state index contributed by atoms with van der Waals surface area (Å²) in [5, 5.41) is 7.57. The standard InChI is InChI=1S/C32H30N8/c1-22-14-20-40-29(25-7-3-2-4-8-25)28(35-32(40)34-22)24-12-10-23(11-13-24)21-39-18-15-26(16-19-39)30-36-31(38-37-30)27-9-5-6-17-33-27/h2-14,17,20,26H,15-16,18-19,21H2,1H3,(H,36,37,38). The zero-order valence-corrected chi connectivity index (χ0v) is 22.4. The number of aromatic nitrogens is 7. The van der Waals surface area contributed by atoms with Gasteiger partial charge in [0.05, 0.1) is 11.4 Å². The van der Waals surface area contributed by atoms with Crippen LogP contribution in [0.25, 0.3) is 39.8 Å². The Balaban J connectivity index is 1.05. The molecule has 1 aliphatic rings. The summed E-state index contributed by atoms with van der Waals surface area (Å²) in [4.78, 5) is 21.3. The number of aryl methyl sites for hydroxylation is 1. The number of likely N-dealkylation sites (tertiary alicyclic amines) is 1. The van der Waals surface area contributed by atoms with Crippen LogP contribution < -0.4 is 0 Å². The summed E-state index contributed by atoms with van der Waals surface area (Å²) in [5.41, 5.74) is 7.33. The molecule has 8 nitrogen and oxygen atoms in total. The molecule has 0 spiro atoms. The monoisotopic (exact) mass is 526 g/mol. The normalized spacial score (nSPS) is 14.6. The van der Waals surface area contributed by atoms with Gasteiger partial charge in [0, 0.05) is 41.7 Å². The van der Waals surface area contributed by atoms with Gasteiger partial charge in [-0.2, -0.15) is 5.10 Å². The number of hydrogen-bond acceptors (Lipinski definition) is 6. The highest BCUT2D eigenvalue weighted by molar-refractivity contribution is 5.81. The van der Waals surface area contributed by atoms with E-state index in [9.17, 15) is 0 Å². The number of nitrogens with one attached hydrogen (secondary N) is 1. The summed E-state index contributed by atoms with van der Waals surface area (Å²) in [7, 11) is 0. The minimum absolute atomic E-state index is 0.371. The molecule has 5 heterocycles. The molecule has 1 fully saturated rings. The highest BCUT2D eigenvalue weighted by Crippen LogP contribution is 2.33. The average molecular weight is 527 g/mol. The largest absolute Gasteiger partial charge is 0.299 e. The third-order valence-corrected chi connectivity index (χ3v) is 7.68. The number of nitrogens with zero attached hydrogens (tertiary/aromatic N) is 7. The first kappa shape index (κ1) is 24.4. The van der Waals surface area contributed by atoms with Gasteiger partial charge in [0.1, 0.15) is 5.69 Å². The Labute approximate surface area is 232 Å². The Hall–Kier alpha value is -4.69. The summed E-state index contributed by atoms with van der Waals surface area (Å²) >= 11 is 0. The molecule has 0 aliphatic carbocycles. The predicted molar refractivity (Wildman–Crippen MR) is 155 cm³/mol. The van der Waals surface area contributed by atoms with Crippen LogP contribution in [0.1, 0.15) is 35.8 Å². The van der Waals surface area contributed by atoms with Crippen molar-refractivity contribution in [2.24, 2.45) is 0 Å². The smallest absolute Gasteiger partial charge is 0.235 e. The minimum atomic E-state index is 0.371. The maximum absolute atomic E-state index is 4.95. The quantitative estimate of drug-likeness (QED) is 0.289. The first-order chi connectivity index (χ1) is 19.7. The van der Waals surface area contributed by atoms with Crippen molar-refractivity contribution in [3.8, 4) is 34.0 Å². The molecule has 0 saturated carbocycles. The molecule has 40 heavy (non-hydrogen) atoms. The van der Waals surface area contributed by atoms with Crippen molar-refractivity contribution in [1.82, 2.24) is 39.4 Å². The lowest BCUT2D eigenvalue weighted by atomic mass is 9.95. The molecule has 1 N–H and O–H groups in total. The second kappa shape index (κ2) is 10.5. The molecule has 0 bridgehead atoms. The SMILES string of the molecule is Cc1ccn2c(-c3ccccc3)c(-c3ccc(CN4CCC(c5n[nH]c(-c6ccccn6)n5)CC4)cc3)nc2n1. The second-order valence-electron chi connectivity index (χ2n) is 10.4. The van der Waals surface area contributed by atoms with Crippen LogP contribution in [-0.4, -0.2) is 52.5 Å². The number of rotatable bonds is 6. The van der Waals surface area contributed by atoms with E-state index in [0.29, 0.717) is 5.92 Å². The Morgan fingerprint density at radius 2 is 1.62 bits per heavy atom. The molecule has 0 amide bonds. The van der Waals surface area contributed by atoms with Crippen LogP contribution in [0, 0.1) is 6.92 Å². The van der Waals surface area contributed by atoms with Gasteiger partial charge in [-0.3, -0.25) is 19.4 Å².